The Kier molecular flexibility index (Phi) is 6.02. The number of nitrogens with one attached hydrogen (secondary N) is 1. The van der Waals surface area contributed by atoms with Gasteiger partial charge in [0.2, 0.25) is 10.0 Å². The van der Waals surface area contributed by atoms with Crippen LogP contribution in [0.1, 0.15) is 34.7 Å². The number of hydrogen-bond acceptors (Lipinski definition) is 4. The van der Waals surface area contributed by atoms with E-state index in [-0.39, 0.29) is 23.1 Å². The minimum Gasteiger partial charge on any atom is -0.508 e. The van der Waals surface area contributed by atoms with Crippen molar-refractivity contribution in [1.82, 2.24) is 9.62 Å². The van der Waals surface area contributed by atoms with Crippen molar-refractivity contribution in [2.75, 3.05) is 19.6 Å². The van der Waals surface area contributed by atoms with Crippen molar-refractivity contribution >= 4 is 15.9 Å². The van der Waals surface area contributed by atoms with Crippen molar-refractivity contribution in [2.24, 2.45) is 0 Å². The minimum absolute atomic E-state index is 0.0209. The van der Waals surface area contributed by atoms with Crippen LogP contribution in [-0.2, 0) is 10.0 Å². The lowest BCUT2D eigenvalue weighted by molar-refractivity contribution is 0.0712. The SMILES string of the molecule is C#CCNS(=O)(=O)c1cccc(C(=O)N2CCC(c3ccc(O)cc3)CC2)c1. The maximum Gasteiger partial charge on any atom is 0.253 e. The fraction of sp³-hybridized carbons (Fsp3) is 0.286. The highest BCUT2D eigenvalue weighted by Gasteiger charge is 2.25. The van der Waals surface area contributed by atoms with Crippen LogP contribution >= 0.6 is 0 Å². The molecule has 3 rings (SSSR count). The predicted molar refractivity (Wildman–Crippen MR) is 106 cm³/mol. The van der Waals surface area contributed by atoms with E-state index in [4.69, 9.17) is 6.42 Å². The molecule has 0 saturated carbocycles. The van der Waals surface area contributed by atoms with E-state index in [2.05, 4.69) is 10.6 Å². The summed E-state index contributed by atoms with van der Waals surface area (Å²) in [7, 11) is -3.74. The summed E-state index contributed by atoms with van der Waals surface area (Å²) in [4.78, 5) is 14.6. The van der Waals surface area contributed by atoms with Crippen LogP contribution in [0.15, 0.2) is 53.4 Å². The van der Waals surface area contributed by atoms with E-state index < -0.39 is 10.0 Å². The van der Waals surface area contributed by atoms with E-state index in [0.29, 0.717) is 24.6 Å². The summed E-state index contributed by atoms with van der Waals surface area (Å²) in [6.07, 6.45) is 6.74. The fourth-order valence-electron chi connectivity index (χ4n) is 3.36. The number of hydrogen-bond donors (Lipinski definition) is 2. The highest BCUT2D eigenvalue weighted by Crippen LogP contribution is 2.29. The summed E-state index contributed by atoms with van der Waals surface area (Å²) >= 11 is 0. The van der Waals surface area contributed by atoms with Gasteiger partial charge in [-0.3, -0.25) is 4.79 Å². The molecule has 1 aliphatic rings. The maximum absolute atomic E-state index is 12.8. The second-order valence-electron chi connectivity index (χ2n) is 6.71. The fourth-order valence-corrected chi connectivity index (χ4v) is 4.34. The van der Waals surface area contributed by atoms with Gasteiger partial charge in [0, 0.05) is 18.7 Å². The molecule has 1 saturated heterocycles. The first kappa shape index (κ1) is 19.9. The van der Waals surface area contributed by atoms with Gasteiger partial charge in [-0.1, -0.05) is 24.1 Å². The number of benzene rings is 2. The van der Waals surface area contributed by atoms with Gasteiger partial charge in [-0.2, -0.15) is 4.72 Å². The lowest BCUT2D eigenvalue weighted by atomic mass is 9.89. The van der Waals surface area contributed by atoms with E-state index in [0.717, 1.165) is 18.4 Å². The molecule has 2 aromatic carbocycles. The number of nitrogens with zero attached hydrogens (tertiary/aromatic N) is 1. The van der Waals surface area contributed by atoms with E-state index in [1.807, 2.05) is 12.1 Å². The van der Waals surface area contributed by atoms with Crippen LogP contribution in [0.5, 0.6) is 5.75 Å². The summed E-state index contributed by atoms with van der Waals surface area (Å²) in [5.41, 5.74) is 1.49. The molecule has 1 aliphatic heterocycles. The Morgan fingerprint density at radius 2 is 1.86 bits per heavy atom. The normalized spacial score (nSPS) is 15.2. The summed E-state index contributed by atoms with van der Waals surface area (Å²) in [6, 6.07) is 13.2. The number of phenolic OH excluding ortho intramolecular Hbond substituents is 1. The Morgan fingerprint density at radius 1 is 1.18 bits per heavy atom. The van der Waals surface area contributed by atoms with Gasteiger partial charge >= 0.3 is 0 Å². The van der Waals surface area contributed by atoms with E-state index >= 15 is 0 Å². The number of piperidine rings is 1. The molecule has 2 N–H and O–H groups in total. The van der Waals surface area contributed by atoms with Crippen molar-refractivity contribution in [3.8, 4) is 18.1 Å². The summed E-state index contributed by atoms with van der Waals surface area (Å²) in [6.45, 7) is 1.08. The Balaban J connectivity index is 1.68. The summed E-state index contributed by atoms with van der Waals surface area (Å²) in [5, 5.41) is 9.41. The van der Waals surface area contributed by atoms with Crippen LogP contribution in [0.25, 0.3) is 0 Å². The van der Waals surface area contributed by atoms with E-state index in [1.54, 1.807) is 29.2 Å². The van der Waals surface area contributed by atoms with Gasteiger partial charge in [-0.05, 0) is 54.7 Å². The standard InChI is InChI=1S/C21H22N2O4S/c1-2-12-22-28(26,27)20-5-3-4-18(15-20)21(25)23-13-10-17(11-14-23)16-6-8-19(24)9-7-16/h1,3-9,15,17,22,24H,10-14H2. The molecule has 1 fully saturated rings. The number of rotatable bonds is 5. The Morgan fingerprint density at radius 3 is 2.50 bits per heavy atom. The molecule has 0 radical (unpaired) electrons. The van der Waals surface area contributed by atoms with E-state index in [1.165, 1.54) is 12.1 Å². The first-order valence-corrected chi connectivity index (χ1v) is 10.5. The van der Waals surface area contributed by atoms with Crippen LogP contribution in [0, 0.1) is 12.3 Å². The largest absolute Gasteiger partial charge is 0.508 e. The van der Waals surface area contributed by atoms with Gasteiger partial charge in [0.05, 0.1) is 11.4 Å². The zero-order valence-electron chi connectivity index (χ0n) is 15.3. The molecule has 0 aliphatic carbocycles. The molecule has 2 aromatic rings. The average molecular weight is 398 g/mol. The third-order valence-electron chi connectivity index (χ3n) is 4.90. The van der Waals surface area contributed by atoms with Crippen molar-refractivity contribution in [2.45, 2.75) is 23.7 Å². The molecule has 1 amide bonds. The molecule has 0 aromatic heterocycles. The number of sulfonamides is 1. The van der Waals surface area contributed by atoms with Gasteiger partial charge < -0.3 is 10.0 Å². The van der Waals surface area contributed by atoms with Gasteiger partial charge in [-0.25, -0.2) is 8.42 Å². The molecule has 0 atom stereocenters. The molecule has 28 heavy (non-hydrogen) atoms. The van der Waals surface area contributed by atoms with Gasteiger partial charge in [-0.15, -0.1) is 6.42 Å². The van der Waals surface area contributed by atoms with Gasteiger partial charge in [0.25, 0.3) is 5.91 Å². The molecule has 146 valence electrons. The second-order valence-corrected chi connectivity index (χ2v) is 8.48. The van der Waals surface area contributed by atoms with Crippen molar-refractivity contribution in [1.29, 1.82) is 0 Å². The predicted octanol–water partition coefficient (Wildman–Crippen LogP) is 2.32. The maximum atomic E-state index is 12.8. The number of carbonyl (C=O) groups is 1. The van der Waals surface area contributed by atoms with Crippen LogP contribution in [0.3, 0.4) is 0 Å². The van der Waals surface area contributed by atoms with Gasteiger partial charge in [0.1, 0.15) is 5.75 Å². The Bertz CT molecular complexity index is 986. The molecular weight excluding hydrogens is 376 g/mol. The zero-order chi connectivity index (χ0) is 20.1. The highest BCUT2D eigenvalue weighted by atomic mass is 32.2. The first-order valence-electron chi connectivity index (χ1n) is 9.02. The molecule has 0 bridgehead atoms. The van der Waals surface area contributed by atoms with Crippen LogP contribution in [-0.4, -0.2) is 44.0 Å². The minimum atomic E-state index is -3.74. The third kappa shape index (κ3) is 4.53. The van der Waals surface area contributed by atoms with Crippen LogP contribution < -0.4 is 4.72 Å². The number of carbonyl (C=O) groups excluding carboxylic acids is 1. The van der Waals surface area contributed by atoms with Crippen molar-refractivity contribution in [3.63, 3.8) is 0 Å². The molecule has 7 heteroatoms. The molecule has 1 heterocycles. The Labute approximate surface area is 165 Å². The van der Waals surface area contributed by atoms with E-state index in [9.17, 15) is 18.3 Å². The van der Waals surface area contributed by atoms with Crippen LogP contribution in [0.2, 0.25) is 0 Å². The summed E-state index contributed by atoms with van der Waals surface area (Å²) < 4.78 is 26.7. The average Bonchev–Trinajstić information content (AvgIpc) is 2.72. The monoisotopic (exact) mass is 398 g/mol. The quantitative estimate of drug-likeness (QED) is 0.757. The lowest BCUT2D eigenvalue weighted by Gasteiger charge is -2.32. The number of likely N-dealkylation sites (tertiary alicyclic amines) is 1. The topological polar surface area (TPSA) is 86.7 Å². The molecule has 6 nitrogen and oxygen atoms in total. The van der Waals surface area contributed by atoms with Crippen molar-refractivity contribution < 1.29 is 18.3 Å². The molecule has 0 unspecified atom stereocenters. The first-order chi connectivity index (χ1) is 13.4. The van der Waals surface area contributed by atoms with Crippen LogP contribution in [0.4, 0.5) is 0 Å². The highest BCUT2D eigenvalue weighted by molar-refractivity contribution is 7.89. The number of terminal acetylenes is 1. The lowest BCUT2D eigenvalue weighted by Crippen LogP contribution is -2.38. The molecular formula is C21H22N2O4S. The summed E-state index contributed by atoms with van der Waals surface area (Å²) in [5.74, 6) is 2.62. The third-order valence-corrected chi connectivity index (χ3v) is 6.30. The van der Waals surface area contributed by atoms with Gasteiger partial charge in [0.15, 0.2) is 0 Å². The zero-order valence-corrected chi connectivity index (χ0v) is 16.2. The number of amides is 1. The number of phenols is 1. The van der Waals surface area contributed by atoms with Crippen molar-refractivity contribution in [3.05, 3.63) is 59.7 Å². The second kappa shape index (κ2) is 8.46. The molecule has 0 spiro atoms. The Hall–Kier alpha value is -2.82. The smallest absolute Gasteiger partial charge is 0.253 e. The number of aromatic hydroxyl groups is 1.